The lowest BCUT2D eigenvalue weighted by Gasteiger charge is -2.51. The fraction of sp³-hybridized carbons (Fsp3) is 0.882. The highest BCUT2D eigenvalue weighted by Crippen LogP contribution is 2.46. The van der Waals surface area contributed by atoms with E-state index >= 15 is 0 Å². The number of ketones is 1. The number of hydrogen-bond donors (Lipinski definition) is 0. The highest BCUT2D eigenvalue weighted by molar-refractivity contribution is 5.83. The molecule has 2 saturated heterocycles. The Hall–Kier alpha value is -0.940. The van der Waals surface area contributed by atoms with Crippen molar-refractivity contribution in [1.29, 1.82) is 0 Å². The zero-order valence-corrected chi connectivity index (χ0v) is 14.3. The minimum Gasteiger partial charge on any atom is -0.469 e. The van der Waals surface area contributed by atoms with Crippen LogP contribution in [0, 0.1) is 17.8 Å². The van der Waals surface area contributed by atoms with Crippen molar-refractivity contribution >= 4 is 11.8 Å². The Kier molecular flexibility index (Phi) is 5.28. The lowest BCUT2D eigenvalue weighted by Crippen LogP contribution is -2.58. The molecule has 6 atom stereocenters. The fourth-order valence-electron chi connectivity index (χ4n) is 3.83. The van der Waals surface area contributed by atoms with Gasteiger partial charge in [0.1, 0.15) is 6.10 Å². The van der Waals surface area contributed by atoms with Gasteiger partial charge in [0.15, 0.2) is 11.6 Å². The molecule has 2 fully saturated rings. The normalized spacial score (nSPS) is 40.5. The van der Waals surface area contributed by atoms with Gasteiger partial charge in [0.2, 0.25) is 0 Å². The largest absolute Gasteiger partial charge is 0.469 e. The summed E-state index contributed by atoms with van der Waals surface area (Å²) >= 11 is 0. The molecule has 0 aliphatic carbocycles. The van der Waals surface area contributed by atoms with Crippen molar-refractivity contribution in [1.82, 2.24) is 0 Å². The van der Waals surface area contributed by atoms with Crippen LogP contribution in [-0.2, 0) is 23.8 Å². The van der Waals surface area contributed by atoms with Gasteiger partial charge >= 0.3 is 5.97 Å². The van der Waals surface area contributed by atoms with Gasteiger partial charge in [-0.2, -0.15) is 0 Å². The predicted molar refractivity (Wildman–Crippen MR) is 81.1 cm³/mol. The highest BCUT2D eigenvalue weighted by atomic mass is 16.7. The van der Waals surface area contributed by atoms with Gasteiger partial charge in [0, 0.05) is 18.8 Å². The quantitative estimate of drug-likeness (QED) is 0.750. The van der Waals surface area contributed by atoms with Crippen molar-refractivity contribution in [2.75, 3.05) is 7.11 Å². The topological polar surface area (TPSA) is 61.8 Å². The number of ether oxygens (including phenoxy) is 3. The van der Waals surface area contributed by atoms with Crippen molar-refractivity contribution in [3.05, 3.63) is 0 Å². The van der Waals surface area contributed by atoms with Crippen LogP contribution in [0.2, 0.25) is 0 Å². The van der Waals surface area contributed by atoms with Crippen LogP contribution in [0.1, 0.15) is 53.4 Å². The Balaban J connectivity index is 2.21. The van der Waals surface area contributed by atoms with Crippen LogP contribution < -0.4 is 0 Å². The summed E-state index contributed by atoms with van der Waals surface area (Å²) in [5, 5.41) is 0. The predicted octanol–water partition coefficient (Wildman–Crippen LogP) is 2.71. The SMILES string of the molecule is CC[C@H]1O[C@]2(CCC1=O)O[C@H]([C@@H](C)C(=O)OC)[C@@H](C)C[C@@H]2C. The Morgan fingerprint density at radius 3 is 2.68 bits per heavy atom. The molecular weight excluding hydrogens is 284 g/mol. The van der Waals surface area contributed by atoms with Gasteiger partial charge in [0.25, 0.3) is 0 Å². The minimum atomic E-state index is -0.742. The Bertz CT molecular complexity index is 435. The van der Waals surface area contributed by atoms with Crippen molar-refractivity contribution < 1.29 is 23.8 Å². The molecule has 0 unspecified atom stereocenters. The minimum absolute atomic E-state index is 0.153. The lowest BCUT2D eigenvalue weighted by molar-refractivity contribution is -0.341. The lowest BCUT2D eigenvalue weighted by atomic mass is 9.77. The fourth-order valence-corrected chi connectivity index (χ4v) is 3.83. The monoisotopic (exact) mass is 312 g/mol. The third-order valence-corrected chi connectivity index (χ3v) is 5.23. The molecule has 0 aromatic heterocycles. The van der Waals surface area contributed by atoms with Crippen molar-refractivity contribution in [3.8, 4) is 0 Å². The second-order valence-electron chi connectivity index (χ2n) is 6.80. The summed E-state index contributed by atoms with van der Waals surface area (Å²) in [6, 6.07) is 0. The van der Waals surface area contributed by atoms with Gasteiger partial charge in [-0.15, -0.1) is 0 Å². The molecule has 2 rings (SSSR count). The zero-order valence-electron chi connectivity index (χ0n) is 14.3. The number of rotatable bonds is 3. The maximum atomic E-state index is 11.9. The maximum absolute atomic E-state index is 11.9. The summed E-state index contributed by atoms with van der Waals surface area (Å²) in [6.07, 6.45) is 1.99. The van der Waals surface area contributed by atoms with Crippen LogP contribution in [0.25, 0.3) is 0 Å². The molecule has 5 heteroatoms. The van der Waals surface area contributed by atoms with Crippen LogP contribution >= 0.6 is 0 Å². The van der Waals surface area contributed by atoms with Crippen LogP contribution in [0.5, 0.6) is 0 Å². The molecule has 0 aromatic carbocycles. The first-order chi connectivity index (χ1) is 10.3. The van der Waals surface area contributed by atoms with E-state index in [9.17, 15) is 9.59 Å². The molecule has 0 aromatic rings. The summed E-state index contributed by atoms with van der Waals surface area (Å²) in [5.41, 5.74) is 0. The number of methoxy groups -OCH3 is 1. The van der Waals surface area contributed by atoms with E-state index < -0.39 is 11.9 Å². The number of esters is 1. The Labute approximate surface area is 132 Å². The summed E-state index contributed by atoms with van der Waals surface area (Å²) in [4.78, 5) is 23.8. The molecule has 1 spiro atoms. The molecular formula is C17H28O5. The number of carbonyl (C=O) groups excluding carboxylic acids is 2. The van der Waals surface area contributed by atoms with Crippen LogP contribution in [0.3, 0.4) is 0 Å². The van der Waals surface area contributed by atoms with Gasteiger partial charge in [-0.25, -0.2) is 0 Å². The third-order valence-electron chi connectivity index (χ3n) is 5.23. The maximum Gasteiger partial charge on any atom is 0.311 e. The standard InChI is InChI=1S/C17H28O5/c1-6-14-13(18)7-8-17(21-14)11(3)9-10(2)15(22-17)12(4)16(19)20-5/h10-12,14-15H,6-9H2,1-5H3/t10-,11-,12+,14+,15-,17+/m0/s1. The molecule has 0 bridgehead atoms. The van der Waals surface area contributed by atoms with Crippen molar-refractivity contribution in [3.63, 3.8) is 0 Å². The van der Waals surface area contributed by atoms with E-state index in [0.29, 0.717) is 19.3 Å². The molecule has 2 aliphatic heterocycles. The highest BCUT2D eigenvalue weighted by Gasteiger charge is 2.52. The van der Waals surface area contributed by atoms with E-state index in [1.165, 1.54) is 7.11 Å². The summed E-state index contributed by atoms with van der Waals surface area (Å²) in [6.45, 7) is 7.99. The van der Waals surface area contributed by atoms with Gasteiger partial charge in [-0.3, -0.25) is 9.59 Å². The number of carbonyl (C=O) groups is 2. The Morgan fingerprint density at radius 1 is 1.41 bits per heavy atom. The summed E-state index contributed by atoms with van der Waals surface area (Å²) in [5.74, 6) is -0.748. The summed E-state index contributed by atoms with van der Waals surface area (Å²) < 4.78 is 17.3. The average Bonchev–Trinajstić information content (AvgIpc) is 2.51. The zero-order chi connectivity index (χ0) is 16.5. The Morgan fingerprint density at radius 2 is 2.09 bits per heavy atom. The molecule has 22 heavy (non-hydrogen) atoms. The molecule has 0 amide bonds. The van der Waals surface area contributed by atoms with Crippen LogP contribution in [-0.4, -0.2) is 36.9 Å². The van der Waals surface area contributed by atoms with E-state index in [0.717, 1.165) is 6.42 Å². The second kappa shape index (κ2) is 6.67. The van der Waals surface area contributed by atoms with Crippen molar-refractivity contribution in [2.45, 2.75) is 71.4 Å². The number of Topliss-reactive ketones (excluding diaryl/α,β-unsaturated/α-hetero) is 1. The molecule has 5 nitrogen and oxygen atoms in total. The second-order valence-corrected chi connectivity index (χ2v) is 6.80. The molecule has 126 valence electrons. The van der Waals surface area contributed by atoms with E-state index in [-0.39, 0.29) is 35.6 Å². The van der Waals surface area contributed by atoms with Gasteiger partial charge in [-0.1, -0.05) is 20.8 Å². The molecule has 0 radical (unpaired) electrons. The van der Waals surface area contributed by atoms with Crippen LogP contribution in [0.4, 0.5) is 0 Å². The molecule has 0 N–H and O–H groups in total. The molecule has 2 heterocycles. The van der Waals surface area contributed by atoms with Gasteiger partial charge in [-0.05, 0) is 25.7 Å². The number of hydrogen-bond acceptors (Lipinski definition) is 5. The van der Waals surface area contributed by atoms with E-state index in [1.54, 1.807) is 0 Å². The van der Waals surface area contributed by atoms with Gasteiger partial charge in [0.05, 0.1) is 19.1 Å². The van der Waals surface area contributed by atoms with Gasteiger partial charge < -0.3 is 14.2 Å². The van der Waals surface area contributed by atoms with Crippen LogP contribution in [0.15, 0.2) is 0 Å². The smallest absolute Gasteiger partial charge is 0.311 e. The first kappa shape index (κ1) is 17.4. The third kappa shape index (κ3) is 3.06. The van der Waals surface area contributed by atoms with Crippen molar-refractivity contribution in [2.24, 2.45) is 17.8 Å². The molecule has 0 saturated carbocycles. The first-order valence-corrected chi connectivity index (χ1v) is 8.30. The van der Waals surface area contributed by atoms with E-state index in [2.05, 4.69) is 13.8 Å². The molecule has 2 aliphatic rings. The average molecular weight is 312 g/mol. The van der Waals surface area contributed by atoms with E-state index in [4.69, 9.17) is 14.2 Å². The first-order valence-electron chi connectivity index (χ1n) is 8.30. The summed E-state index contributed by atoms with van der Waals surface area (Å²) in [7, 11) is 1.40. The van der Waals surface area contributed by atoms with E-state index in [1.807, 2.05) is 13.8 Å².